The summed E-state index contributed by atoms with van der Waals surface area (Å²) in [7, 11) is 0. The summed E-state index contributed by atoms with van der Waals surface area (Å²) in [5.74, 6) is -0.474. The van der Waals surface area contributed by atoms with Gasteiger partial charge in [-0.2, -0.15) is 0 Å². The zero-order chi connectivity index (χ0) is 33.3. The summed E-state index contributed by atoms with van der Waals surface area (Å²) in [5, 5.41) is 76.3. The molecule has 1 amide bonds. The highest BCUT2D eigenvalue weighted by molar-refractivity contribution is 5.73. The molecule has 0 spiro atoms. The fourth-order valence-corrected chi connectivity index (χ4v) is 6.10. The van der Waals surface area contributed by atoms with Crippen LogP contribution in [0.5, 0.6) is 0 Å². The zero-order valence-electron chi connectivity index (χ0n) is 24.7. The third kappa shape index (κ3) is 7.58. The molecule has 19 unspecified atom stereocenters. The third-order valence-corrected chi connectivity index (χ3v) is 8.72. The fraction of sp³-hybridized carbons (Fsp3) is 0.960. The molecule has 45 heavy (non-hydrogen) atoms. The van der Waals surface area contributed by atoms with Gasteiger partial charge in [0.1, 0.15) is 67.1 Å². The van der Waals surface area contributed by atoms with Crippen molar-refractivity contribution in [3.63, 3.8) is 0 Å². The van der Waals surface area contributed by atoms with Crippen molar-refractivity contribution < 1.29 is 69.0 Å². The Labute approximate surface area is 258 Å². The first-order valence-corrected chi connectivity index (χ1v) is 14.8. The third-order valence-electron chi connectivity index (χ3n) is 8.72. The van der Waals surface area contributed by atoms with Gasteiger partial charge in [0.2, 0.25) is 5.91 Å². The minimum atomic E-state index is -1.66. The SMILES string of the molecule is CC(=O)NC1CC(N)C(O)C(OC2OC(CO)C(OC3OC(CN)C(O)C(O)C3N)C2O)C1OC1OC(CN)C(O)C(O)C1N. The molecule has 1 aliphatic carbocycles. The van der Waals surface area contributed by atoms with Crippen molar-refractivity contribution in [2.45, 2.75) is 130 Å². The van der Waals surface area contributed by atoms with Crippen molar-refractivity contribution in [1.82, 2.24) is 5.32 Å². The first kappa shape index (κ1) is 36.6. The van der Waals surface area contributed by atoms with Gasteiger partial charge in [-0.05, 0) is 6.42 Å². The number of hydrogen-bond acceptors (Lipinski definition) is 19. The van der Waals surface area contributed by atoms with Gasteiger partial charge in [0.25, 0.3) is 0 Å². The average Bonchev–Trinajstić information content (AvgIpc) is 3.30. The van der Waals surface area contributed by atoms with Crippen LogP contribution in [-0.2, 0) is 33.2 Å². The van der Waals surface area contributed by atoms with Crippen molar-refractivity contribution in [2.75, 3.05) is 19.7 Å². The fourth-order valence-electron chi connectivity index (χ4n) is 6.10. The van der Waals surface area contributed by atoms with Crippen molar-refractivity contribution in [1.29, 1.82) is 0 Å². The maximum atomic E-state index is 12.1. The lowest BCUT2D eigenvalue weighted by atomic mass is 9.83. The van der Waals surface area contributed by atoms with E-state index in [1.54, 1.807) is 0 Å². The first-order chi connectivity index (χ1) is 21.2. The second kappa shape index (κ2) is 15.3. The van der Waals surface area contributed by atoms with Crippen LogP contribution in [0.2, 0.25) is 0 Å². The molecule has 4 rings (SSSR count). The van der Waals surface area contributed by atoms with Gasteiger partial charge in [-0.25, -0.2) is 0 Å². The Morgan fingerprint density at radius 3 is 1.62 bits per heavy atom. The summed E-state index contributed by atoms with van der Waals surface area (Å²) < 4.78 is 34.9. The molecule has 1 saturated carbocycles. The predicted octanol–water partition coefficient (Wildman–Crippen LogP) is -8.72. The molecule has 3 saturated heterocycles. The number of ether oxygens (including phenoxy) is 6. The Hall–Kier alpha value is -1.25. The summed E-state index contributed by atoms with van der Waals surface area (Å²) in [6, 6.07) is -4.43. The van der Waals surface area contributed by atoms with E-state index < -0.39 is 129 Å². The van der Waals surface area contributed by atoms with Crippen molar-refractivity contribution in [3.8, 4) is 0 Å². The number of nitrogens with one attached hydrogen (secondary N) is 1. The van der Waals surface area contributed by atoms with E-state index in [0.29, 0.717) is 0 Å². The maximum absolute atomic E-state index is 12.1. The van der Waals surface area contributed by atoms with Crippen LogP contribution >= 0.6 is 0 Å². The monoisotopic (exact) mass is 656 g/mol. The topological polar surface area (TPSA) is 356 Å². The quantitative estimate of drug-likeness (QED) is 0.104. The number of carbonyl (C=O) groups is 1. The smallest absolute Gasteiger partial charge is 0.217 e. The van der Waals surface area contributed by atoms with Gasteiger partial charge in [-0.1, -0.05) is 0 Å². The van der Waals surface area contributed by atoms with Gasteiger partial charge in [-0.15, -0.1) is 0 Å². The molecule has 0 radical (unpaired) electrons. The summed E-state index contributed by atoms with van der Waals surface area (Å²) in [4.78, 5) is 12.1. The highest BCUT2D eigenvalue weighted by Gasteiger charge is 2.55. The molecule has 3 heterocycles. The summed E-state index contributed by atoms with van der Waals surface area (Å²) in [6.07, 6.45) is -20.7. The Morgan fingerprint density at radius 1 is 0.689 bits per heavy atom. The first-order valence-electron chi connectivity index (χ1n) is 14.8. The second-order valence-corrected chi connectivity index (χ2v) is 11.9. The molecular weight excluding hydrogens is 608 g/mol. The van der Waals surface area contributed by atoms with Crippen LogP contribution in [0.3, 0.4) is 0 Å². The van der Waals surface area contributed by atoms with Gasteiger partial charge >= 0.3 is 0 Å². The Bertz CT molecular complexity index is 973. The number of hydrogen-bond donors (Lipinski definition) is 13. The summed E-state index contributed by atoms with van der Waals surface area (Å²) in [5.41, 5.74) is 29.6. The molecule has 20 nitrogen and oxygen atoms in total. The molecule has 20 heteroatoms. The van der Waals surface area contributed by atoms with Crippen LogP contribution in [0.15, 0.2) is 0 Å². The Kier molecular flexibility index (Phi) is 12.5. The molecule has 0 aromatic rings. The van der Waals surface area contributed by atoms with E-state index in [2.05, 4.69) is 5.32 Å². The van der Waals surface area contributed by atoms with E-state index in [0.717, 1.165) is 0 Å². The second-order valence-electron chi connectivity index (χ2n) is 11.9. The Morgan fingerprint density at radius 2 is 1.16 bits per heavy atom. The molecule has 4 aliphatic rings. The van der Waals surface area contributed by atoms with Crippen LogP contribution in [0.1, 0.15) is 13.3 Å². The minimum Gasteiger partial charge on any atom is -0.394 e. The average molecular weight is 657 g/mol. The van der Waals surface area contributed by atoms with Crippen LogP contribution in [0.25, 0.3) is 0 Å². The molecule has 0 aromatic heterocycles. The van der Waals surface area contributed by atoms with E-state index in [1.165, 1.54) is 6.92 Å². The number of aliphatic hydroxyl groups is 7. The van der Waals surface area contributed by atoms with Crippen molar-refractivity contribution >= 4 is 5.91 Å². The minimum absolute atomic E-state index is 0.00516. The van der Waals surface area contributed by atoms with Crippen LogP contribution in [0.4, 0.5) is 0 Å². The van der Waals surface area contributed by atoms with Gasteiger partial charge in [0.05, 0.1) is 30.8 Å². The number of nitrogens with two attached hydrogens (primary N) is 5. The lowest BCUT2D eigenvalue weighted by molar-refractivity contribution is -0.308. The van der Waals surface area contributed by atoms with Crippen molar-refractivity contribution in [2.24, 2.45) is 28.7 Å². The molecule has 3 aliphatic heterocycles. The molecule has 0 aromatic carbocycles. The van der Waals surface area contributed by atoms with E-state index in [1.807, 2.05) is 0 Å². The molecule has 262 valence electrons. The van der Waals surface area contributed by atoms with Crippen molar-refractivity contribution in [3.05, 3.63) is 0 Å². The summed E-state index contributed by atoms with van der Waals surface area (Å²) >= 11 is 0. The van der Waals surface area contributed by atoms with Gasteiger partial charge in [0.15, 0.2) is 18.9 Å². The molecule has 4 fully saturated rings. The van der Waals surface area contributed by atoms with Gasteiger partial charge in [0, 0.05) is 26.1 Å². The lowest BCUT2D eigenvalue weighted by Gasteiger charge is -2.48. The lowest BCUT2D eigenvalue weighted by Crippen LogP contribution is -2.69. The number of rotatable bonds is 10. The van der Waals surface area contributed by atoms with E-state index in [4.69, 9.17) is 57.1 Å². The standard InChI is InChI=1S/C25H48N6O14/c1-6(33)31-8-2-7(28)14(34)22(20(8)43-23-12(29)17(37)15(35)9(3-26)40-23)45-25-19(39)21(11(5-32)42-25)44-24-13(30)18(38)16(36)10(4-27)41-24/h7-25,32,34-39H,2-5,26-30H2,1H3,(H,31,33). The van der Waals surface area contributed by atoms with Crippen LogP contribution < -0.4 is 34.0 Å². The number of amides is 1. The predicted molar refractivity (Wildman–Crippen MR) is 148 cm³/mol. The highest BCUT2D eigenvalue weighted by atomic mass is 16.8. The van der Waals surface area contributed by atoms with Crippen LogP contribution in [0, 0.1) is 0 Å². The summed E-state index contributed by atoms with van der Waals surface area (Å²) in [6.45, 7) is 0.191. The van der Waals surface area contributed by atoms with E-state index >= 15 is 0 Å². The Balaban J connectivity index is 1.56. The van der Waals surface area contributed by atoms with Gasteiger partial charge < -0.3 is 98.2 Å². The van der Waals surface area contributed by atoms with Crippen LogP contribution in [-0.4, -0.2) is 178 Å². The number of aliphatic hydroxyl groups excluding tert-OH is 7. The number of carbonyl (C=O) groups excluding carboxylic acids is 1. The van der Waals surface area contributed by atoms with E-state index in [-0.39, 0.29) is 19.5 Å². The normalized spacial score (nSPS) is 50.8. The largest absolute Gasteiger partial charge is 0.394 e. The molecule has 18 N–H and O–H groups in total. The zero-order valence-corrected chi connectivity index (χ0v) is 24.7. The van der Waals surface area contributed by atoms with Gasteiger partial charge in [-0.3, -0.25) is 4.79 Å². The molecular formula is C25H48N6O14. The molecule has 19 atom stereocenters. The van der Waals surface area contributed by atoms with E-state index in [9.17, 15) is 40.5 Å². The highest BCUT2D eigenvalue weighted by Crippen LogP contribution is 2.34. The molecule has 0 bridgehead atoms. The maximum Gasteiger partial charge on any atom is 0.217 e.